The Kier molecular flexibility index (Phi) is 5.22. The molecule has 3 rings (SSSR count). The average Bonchev–Trinajstić information content (AvgIpc) is 3.17. The van der Waals surface area contributed by atoms with E-state index in [1.165, 1.54) is 40.7 Å². The number of nitrogens with two attached hydrogens (primary N) is 1. The van der Waals surface area contributed by atoms with Crippen LogP contribution in [0.3, 0.4) is 0 Å². The SMILES string of the molecule is NC(=O)c1ccccc1NS(=O)(=O)c1ccc(S(=O)(=O)N2CCCC2)cc1. The minimum Gasteiger partial charge on any atom is -0.366 e. The van der Waals surface area contributed by atoms with E-state index in [0.717, 1.165) is 12.8 Å². The van der Waals surface area contributed by atoms with Crippen molar-refractivity contribution in [3.8, 4) is 0 Å². The number of carbonyl (C=O) groups excluding carboxylic acids is 1. The number of hydrogen-bond donors (Lipinski definition) is 2. The number of sulfonamides is 2. The molecule has 1 fully saturated rings. The first-order valence-corrected chi connectivity index (χ1v) is 11.2. The lowest BCUT2D eigenvalue weighted by molar-refractivity contribution is 0.100. The molecule has 10 heteroatoms. The van der Waals surface area contributed by atoms with Crippen LogP contribution >= 0.6 is 0 Å². The van der Waals surface area contributed by atoms with Crippen LogP contribution in [0.1, 0.15) is 23.2 Å². The van der Waals surface area contributed by atoms with E-state index in [4.69, 9.17) is 5.73 Å². The van der Waals surface area contributed by atoms with Crippen molar-refractivity contribution in [1.29, 1.82) is 0 Å². The van der Waals surface area contributed by atoms with Crippen LogP contribution in [0.5, 0.6) is 0 Å². The highest BCUT2D eigenvalue weighted by molar-refractivity contribution is 7.92. The predicted molar refractivity (Wildman–Crippen MR) is 100 cm³/mol. The zero-order valence-electron chi connectivity index (χ0n) is 14.3. The second kappa shape index (κ2) is 7.29. The van der Waals surface area contributed by atoms with Crippen molar-refractivity contribution in [2.24, 2.45) is 5.73 Å². The molecule has 0 unspecified atom stereocenters. The predicted octanol–water partition coefficient (Wildman–Crippen LogP) is 1.37. The number of nitrogens with zero attached hydrogens (tertiary/aromatic N) is 1. The van der Waals surface area contributed by atoms with Crippen LogP contribution in [0.15, 0.2) is 58.3 Å². The number of primary amides is 1. The molecule has 0 aliphatic carbocycles. The summed E-state index contributed by atoms with van der Waals surface area (Å²) in [4.78, 5) is 11.4. The van der Waals surface area contributed by atoms with E-state index in [9.17, 15) is 21.6 Å². The quantitative estimate of drug-likeness (QED) is 0.745. The lowest BCUT2D eigenvalue weighted by Gasteiger charge is -2.16. The topological polar surface area (TPSA) is 127 Å². The highest BCUT2D eigenvalue weighted by atomic mass is 32.2. The van der Waals surface area contributed by atoms with Gasteiger partial charge >= 0.3 is 0 Å². The Bertz CT molecular complexity index is 1060. The van der Waals surface area contributed by atoms with Gasteiger partial charge in [-0.15, -0.1) is 0 Å². The molecule has 2 aromatic rings. The van der Waals surface area contributed by atoms with Gasteiger partial charge in [0, 0.05) is 13.1 Å². The summed E-state index contributed by atoms with van der Waals surface area (Å²) in [6.07, 6.45) is 1.63. The van der Waals surface area contributed by atoms with Gasteiger partial charge in [0.1, 0.15) is 0 Å². The molecule has 1 saturated heterocycles. The molecule has 1 heterocycles. The van der Waals surface area contributed by atoms with Gasteiger partial charge in [0.05, 0.1) is 21.0 Å². The fraction of sp³-hybridized carbons (Fsp3) is 0.235. The lowest BCUT2D eigenvalue weighted by Crippen LogP contribution is -2.27. The van der Waals surface area contributed by atoms with Crippen LogP contribution in [0.25, 0.3) is 0 Å². The normalized spacial score (nSPS) is 15.6. The average molecular weight is 409 g/mol. The van der Waals surface area contributed by atoms with Crippen LogP contribution in [-0.4, -0.2) is 40.1 Å². The van der Waals surface area contributed by atoms with Crippen molar-refractivity contribution in [1.82, 2.24) is 4.31 Å². The molecule has 0 bridgehead atoms. The van der Waals surface area contributed by atoms with Crippen molar-refractivity contribution in [2.45, 2.75) is 22.6 Å². The van der Waals surface area contributed by atoms with Gasteiger partial charge in [-0.2, -0.15) is 4.31 Å². The molecule has 2 aromatic carbocycles. The number of rotatable bonds is 6. The van der Waals surface area contributed by atoms with E-state index in [1.54, 1.807) is 12.1 Å². The van der Waals surface area contributed by atoms with Crippen molar-refractivity contribution < 1.29 is 21.6 Å². The molecule has 0 aromatic heterocycles. The third-order valence-corrected chi connectivity index (χ3v) is 7.57. The molecule has 1 amide bonds. The number of amides is 1. The Morgan fingerprint density at radius 3 is 2.04 bits per heavy atom. The van der Waals surface area contributed by atoms with Crippen LogP contribution in [0.2, 0.25) is 0 Å². The Balaban J connectivity index is 1.87. The summed E-state index contributed by atoms with van der Waals surface area (Å²) in [5.41, 5.74) is 5.35. The zero-order valence-corrected chi connectivity index (χ0v) is 16.0. The lowest BCUT2D eigenvalue weighted by atomic mass is 10.2. The number of anilines is 1. The summed E-state index contributed by atoms with van der Waals surface area (Å²) in [6.45, 7) is 0.932. The number of hydrogen-bond acceptors (Lipinski definition) is 5. The minimum absolute atomic E-state index is 0.0364. The fourth-order valence-corrected chi connectivity index (χ4v) is 5.46. The highest BCUT2D eigenvalue weighted by Crippen LogP contribution is 2.24. The van der Waals surface area contributed by atoms with Crippen molar-refractivity contribution in [3.05, 3.63) is 54.1 Å². The number of para-hydroxylation sites is 1. The second-order valence-electron chi connectivity index (χ2n) is 6.10. The maximum Gasteiger partial charge on any atom is 0.261 e. The molecule has 27 heavy (non-hydrogen) atoms. The van der Waals surface area contributed by atoms with Gasteiger partial charge in [-0.05, 0) is 49.2 Å². The molecular formula is C17H19N3O5S2. The molecule has 0 radical (unpaired) electrons. The first-order chi connectivity index (χ1) is 12.7. The van der Waals surface area contributed by atoms with Crippen LogP contribution in [-0.2, 0) is 20.0 Å². The van der Waals surface area contributed by atoms with Gasteiger partial charge in [-0.25, -0.2) is 16.8 Å². The summed E-state index contributed by atoms with van der Waals surface area (Å²) in [7, 11) is -7.64. The molecule has 0 atom stereocenters. The van der Waals surface area contributed by atoms with Gasteiger partial charge in [-0.1, -0.05) is 12.1 Å². The zero-order chi connectivity index (χ0) is 19.7. The fourth-order valence-electron chi connectivity index (χ4n) is 2.86. The van der Waals surface area contributed by atoms with E-state index in [2.05, 4.69) is 4.72 Å². The van der Waals surface area contributed by atoms with Gasteiger partial charge in [0.25, 0.3) is 15.9 Å². The minimum atomic E-state index is -4.02. The van der Waals surface area contributed by atoms with E-state index in [0.29, 0.717) is 13.1 Å². The molecule has 1 aliphatic rings. The number of benzene rings is 2. The van der Waals surface area contributed by atoms with Gasteiger partial charge in [0.15, 0.2) is 0 Å². The van der Waals surface area contributed by atoms with Gasteiger partial charge in [-0.3, -0.25) is 9.52 Å². The smallest absolute Gasteiger partial charge is 0.261 e. The summed E-state index contributed by atoms with van der Waals surface area (Å²) >= 11 is 0. The highest BCUT2D eigenvalue weighted by Gasteiger charge is 2.27. The second-order valence-corrected chi connectivity index (χ2v) is 9.72. The van der Waals surface area contributed by atoms with Crippen molar-refractivity contribution in [3.63, 3.8) is 0 Å². The standard InChI is InChI=1S/C17H19N3O5S2/c18-17(21)15-5-1-2-6-16(15)19-26(22,23)13-7-9-14(10-8-13)27(24,25)20-11-3-4-12-20/h1-2,5-10,19H,3-4,11-12H2,(H2,18,21). The summed E-state index contributed by atoms with van der Waals surface area (Å²) in [6, 6.07) is 10.9. The number of carbonyl (C=O) groups is 1. The largest absolute Gasteiger partial charge is 0.366 e. The third-order valence-electron chi connectivity index (χ3n) is 4.27. The first kappa shape index (κ1) is 19.3. The van der Waals surface area contributed by atoms with Crippen molar-refractivity contribution in [2.75, 3.05) is 17.8 Å². The molecule has 8 nitrogen and oxygen atoms in total. The monoisotopic (exact) mass is 409 g/mol. The van der Waals surface area contributed by atoms with E-state index < -0.39 is 26.0 Å². The Hall–Kier alpha value is -2.43. The Morgan fingerprint density at radius 2 is 1.44 bits per heavy atom. The molecular weight excluding hydrogens is 390 g/mol. The maximum atomic E-state index is 12.6. The van der Waals surface area contributed by atoms with E-state index >= 15 is 0 Å². The maximum absolute atomic E-state index is 12.6. The van der Waals surface area contributed by atoms with E-state index in [-0.39, 0.29) is 21.0 Å². The van der Waals surface area contributed by atoms with Crippen molar-refractivity contribution >= 4 is 31.6 Å². The van der Waals surface area contributed by atoms with Gasteiger partial charge < -0.3 is 5.73 Å². The molecule has 3 N–H and O–H groups in total. The number of nitrogens with one attached hydrogen (secondary N) is 1. The Labute approximate surface area is 158 Å². The molecule has 144 valence electrons. The molecule has 0 saturated carbocycles. The summed E-state index contributed by atoms with van der Waals surface area (Å²) < 4.78 is 53.9. The summed E-state index contributed by atoms with van der Waals surface area (Å²) in [5.74, 6) is -0.764. The third kappa shape index (κ3) is 3.97. The Morgan fingerprint density at radius 1 is 0.889 bits per heavy atom. The molecule has 0 spiro atoms. The molecule has 1 aliphatic heterocycles. The van der Waals surface area contributed by atoms with Crippen LogP contribution in [0, 0.1) is 0 Å². The first-order valence-electron chi connectivity index (χ1n) is 8.24. The van der Waals surface area contributed by atoms with Crippen LogP contribution in [0.4, 0.5) is 5.69 Å². The van der Waals surface area contributed by atoms with Crippen LogP contribution < -0.4 is 10.5 Å². The van der Waals surface area contributed by atoms with E-state index in [1.807, 2.05) is 0 Å². The van der Waals surface area contributed by atoms with Gasteiger partial charge in [0.2, 0.25) is 10.0 Å². The summed E-state index contributed by atoms with van der Waals surface area (Å²) in [5, 5.41) is 0.